The molecule has 1 aliphatic heterocycles. The van der Waals surface area contributed by atoms with E-state index in [9.17, 15) is 18.0 Å². The summed E-state index contributed by atoms with van der Waals surface area (Å²) in [4.78, 5) is 13.4. The topological polar surface area (TPSA) is 58.4 Å². The highest BCUT2D eigenvalue weighted by Gasteiger charge is 2.31. The summed E-state index contributed by atoms with van der Waals surface area (Å²) in [6, 6.07) is 3.16. The molecule has 0 saturated carbocycles. The largest absolute Gasteiger partial charge is 0.416 e. The zero-order chi connectivity index (χ0) is 14.8. The average Bonchev–Trinajstić information content (AvgIpc) is 2.38. The standard InChI is InChI=1S/C13H16F3N3O/c14-13(15,16)10-2-1-9(11(7-10)12(17)20)8-19-5-3-18-4-6-19/h1-2,7,18H,3-6,8H2,(H2,17,20). The van der Waals surface area contributed by atoms with Crippen LogP contribution in [-0.2, 0) is 12.7 Å². The van der Waals surface area contributed by atoms with Gasteiger partial charge in [0.1, 0.15) is 0 Å². The molecule has 3 N–H and O–H groups in total. The quantitative estimate of drug-likeness (QED) is 0.878. The predicted octanol–water partition coefficient (Wildman–Crippen LogP) is 1.21. The Kier molecular flexibility index (Phi) is 4.29. The van der Waals surface area contributed by atoms with Crippen molar-refractivity contribution in [1.82, 2.24) is 10.2 Å². The summed E-state index contributed by atoms with van der Waals surface area (Å²) in [5.41, 5.74) is 4.82. The first-order valence-corrected chi connectivity index (χ1v) is 6.31. The van der Waals surface area contributed by atoms with Crippen molar-refractivity contribution in [2.75, 3.05) is 26.2 Å². The van der Waals surface area contributed by atoms with Crippen LogP contribution in [0, 0.1) is 0 Å². The normalized spacial score (nSPS) is 17.1. The van der Waals surface area contributed by atoms with E-state index in [0.29, 0.717) is 12.1 Å². The van der Waals surface area contributed by atoms with Crippen molar-refractivity contribution in [2.24, 2.45) is 5.73 Å². The molecule has 20 heavy (non-hydrogen) atoms. The molecule has 0 aromatic heterocycles. The molecule has 1 aromatic rings. The van der Waals surface area contributed by atoms with E-state index in [1.165, 1.54) is 6.07 Å². The number of carbonyl (C=O) groups is 1. The first kappa shape index (κ1) is 14.8. The number of amides is 1. The molecule has 1 heterocycles. The number of alkyl halides is 3. The minimum atomic E-state index is -4.47. The molecule has 110 valence electrons. The van der Waals surface area contributed by atoms with E-state index < -0.39 is 17.6 Å². The highest BCUT2D eigenvalue weighted by molar-refractivity contribution is 5.94. The highest BCUT2D eigenvalue weighted by atomic mass is 19.4. The Morgan fingerprint density at radius 2 is 1.95 bits per heavy atom. The van der Waals surface area contributed by atoms with Crippen LogP contribution in [0.3, 0.4) is 0 Å². The molecule has 1 aliphatic rings. The van der Waals surface area contributed by atoms with Crippen LogP contribution < -0.4 is 11.1 Å². The molecule has 1 amide bonds. The Hall–Kier alpha value is -1.60. The summed E-state index contributed by atoms with van der Waals surface area (Å²) in [6.07, 6.45) is -4.47. The monoisotopic (exact) mass is 287 g/mol. The number of nitrogens with two attached hydrogens (primary N) is 1. The fourth-order valence-electron chi connectivity index (χ4n) is 2.23. The van der Waals surface area contributed by atoms with Gasteiger partial charge < -0.3 is 11.1 Å². The molecular formula is C13H16F3N3O. The fourth-order valence-corrected chi connectivity index (χ4v) is 2.23. The summed E-state index contributed by atoms with van der Waals surface area (Å²) in [6.45, 7) is 3.66. The maximum Gasteiger partial charge on any atom is 0.416 e. The molecule has 0 spiro atoms. The maximum absolute atomic E-state index is 12.7. The second kappa shape index (κ2) is 5.80. The minimum absolute atomic E-state index is 0.0571. The van der Waals surface area contributed by atoms with Crippen LogP contribution in [0.25, 0.3) is 0 Å². The molecule has 0 unspecified atom stereocenters. The number of rotatable bonds is 3. The van der Waals surface area contributed by atoms with Gasteiger partial charge in [-0.2, -0.15) is 13.2 Å². The Morgan fingerprint density at radius 3 is 2.50 bits per heavy atom. The van der Waals surface area contributed by atoms with Gasteiger partial charge in [0.2, 0.25) is 5.91 Å². The van der Waals surface area contributed by atoms with Crippen LogP contribution in [0.2, 0.25) is 0 Å². The molecule has 0 atom stereocenters. The molecule has 4 nitrogen and oxygen atoms in total. The second-order valence-corrected chi connectivity index (χ2v) is 4.76. The van der Waals surface area contributed by atoms with Crippen molar-refractivity contribution in [3.63, 3.8) is 0 Å². The molecular weight excluding hydrogens is 271 g/mol. The number of piperazine rings is 1. The van der Waals surface area contributed by atoms with Gasteiger partial charge in [-0.1, -0.05) is 6.07 Å². The molecule has 0 aliphatic carbocycles. The van der Waals surface area contributed by atoms with Crippen LogP contribution in [-0.4, -0.2) is 37.0 Å². The highest BCUT2D eigenvalue weighted by Crippen LogP contribution is 2.30. The van der Waals surface area contributed by atoms with E-state index in [0.717, 1.165) is 38.3 Å². The van der Waals surface area contributed by atoms with Gasteiger partial charge in [-0.3, -0.25) is 9.69 Å². The van der Waals surface area contributed by atoms with Crippen molar-refractivity contribution >= 4 is 5.91 Å². The van der Waals surface area contributed by atoms with Gasteiger partial charge in [-0.15, -0.1) is 0 Å². The first-order chi connectivity index (χ1) is 9.38. The molecule has 1 fully saturated rings. The predicted molar refractivity (Wildman–Crippen MR) is 68.1 cm³/mol. The molecule has 0 bridgehead atoms. The number of hydrogen-bond acceptors (Lipinski definition) is 3. The number of nitrogens with zero attached hydrogens (tertiary/aromatic N) is 1. The lowest BCUT2D eigenvalue weighted by Crippen LogP contribution is -2.43. The van der Waals surface area contributed by atoms with Crippen molar-refractivity contribution in [1.29, 1.82) is 0 Å². The van der Waals surface area contributed by atoms with Crippen molar-refractivity contribution in [2.45, 2.75) is 12.7 Å². The van der Waals surface area contributed by atoms with Gasteiger partial charge >= 0.3 is 6.18 Å². The van der Waals surface area contributed by atoms with E-state index in [2.05, 4.69) is 10.2 Å². The summed E-state index contributed by atoms with van der Waals surface area (Å²) >= 11 is 0. The van der Waals surface area contributed by atoms with Crippen LogP contribution in [0.5, 0.6) is 0 Å². The van der Waals surface area contributed by atoms with Gasteiger partial charge in [0.05, 0.1) is 5.56 Å². The Balaban J connectivity index is 2.25. The fraction of sp³-hybridized carbons (Fsp3) is 0.462. The van der Waals surface area contributed by atoms with Crippen molar-refractivity contribution in [3.8, 4) is 0 Å². The van der Waals surface area contributed by atoms with Gasteiger partial charge in [-0.05, 0) is 17.7 Å². The van der Waals surface area contributed by atoms with E-state index in [1.54, 1.807) is 0 Å². The smallest absolute Gasteiger partial charge is 0.366 e. The Bertz CT molecular complexity index is 496. The lowest BCUT2D eigenvalue weighted by molar-refractivity contribution is -0.137. The summed E-state index contributed by atoms with van der Waals surface area (Å²) in [7, 11) is 0. The maximum atomic E-state index is 12.7. The zero-order valence-electron chi connectivity index (χ0n) is 10.8. The van der Waals surface area contributed by atoms with E-state index in [-0.39, 0.29) is 5.56 Å². The number of benzene rings is 1. The number of carbonyl (C=O) groups excluding carboxylic acids is 1. The molecule has 1 aromatic carbocycles. The van der Waals surface area contributed by atoms with Crippen LogP contribution in [0.15, 0.2) is 18.2 Å². The number of nitrogens with one attached hydrogen (secondary N) is 1. The van der Waals surface area contributed by atoms with E-state index in [4.69, 9.17) is 5.73 Å². The number of hydrogen-bond donors (Lipinski definition) is 2. The van der Waals surface area contributed by atoms with Crippen LogP contribution >= 0.6 is 0 Å². The lowest BCUT2D eigenvalue weighted by atomic mass is 10.0. The minimum Gasteiger partial charge on any atom is -0.366 e. The van der Waals surface area contributed by atoms with Gasteiger partial charge in [0.25, 0.3) is 0 Å². The first-order valence-electron chi connectivity index (χ1n) is 6.31. The van der Waals surface area contributed by atoms with Gasteiger partial charge in [-0.25, -0.2) is 0 Å². The third kappa shape index (κ3) is 3.49. The van der Waals surface area contributed by atoms with E-state index in [1.807, 2.05) is 0 Å². The summed E-state index contributed by atoms with van der Waals surface area (Å²) in [5.74, 6) is -0.832. The zero-order valence-corrected chi connectivity index (χ0v) is 10.8. The van der Waals surface area contributed by atoms with Crippen LogP contribution in [0.1, 0.15) is 21.5 Å². The van der Waals surface area contributed by atoms with Crippen molar-refractivity contribution < 1.29 is 18.0 Å². The number of primary amides is 1. The van der Waals surface area contributed by atoms with Gasteiger partial charge in [0, 0.05) is 38.3 Å². The van der Waals surface area contributed by atoms with Crippen LogP contribution in [0.4, 0.5) is 13.2 Å². The second-order valence-electron chi connectivity index (χ2n) is 4.76. The third-order valence-corrected chi connectivity index (χ3v) is 3.31. The number of halogens is 3. The SMILES string of the molecule is NC(=O)c1cc(C(F)(F)F)ccc1CN1CCNCC1. The molecule has 7 heteroatoms. The lowest BCUT2D eigenvalue weighted by Gasteiger charge is -2.27. The Labute approximate surface area is 114 Å². The summed E-state index contributed by atoms with van der Waals surface area (Å²) < 4.78 is 38.0. The molecule has 0 radical (unpaired) electrons. The van der Waals surface area contributed by atoms with Crippen molar-refractivity contribution in [3.05, 3.63) is 34.9 Å². The molecule has 2 rings (SSSR count). The van der Waals surface area contributed by atoms with E-state index >= 15 is 0 Å². The van der Waals surface area contributed by atoms with Gasteiger partial charge in [0.15, 0.2) is 0 Å². The average molecular weight is 287 g/mol. The Morgan fingerprint density at radius 1 is 1.30 bits per heavy atom. The third-order valence-electron chi connectivity index (χ3n) is 3.31. The molecule has 1 saturated heterocycles. The summed E-state index contributed by atoms with van der Waals surface area (Å²) in [5, 5.41) is 3.18.